The van der Waals surface area contributed by atoms with Gasteiger partial charge in [-0.25, -0.2) is 4.68 Å². The van der Waals surface area contributed by atoms with E-state index in [0.717, 1.165) is 16.9 Å². The highest BCUT2D eigenvalue weighted by Crippen LogP contribution is 2.14. The average Bonchev–Trinajstić information content (AvgIpc) is 2.92. The van der Waals surface area contributed by atoms with E-state index in [1.54, 1.807) is 12.3 Å². The van der Waals surface area contributed by atoms with Gasteiger partial charge in [0.15, 0.2) is 5.11 Å². The molecule has 0 saturated carbocycles. The van der Waals surface area contributed by atoms with E-state index in [9.17, 15) is 4.79 Å². The van der Waals surface area contributed by atoms with Crippen LogP contribution in [0, 0.1) is 6.92 Å². The largest absolute Gasteiger partial charge is 0.358 e. The van der Waals surface area contributed by atoms with Crippen molar-refractivity contribution in [3.63, 3.8) is 0 Å². The van der Waals surface area contributed by atoms with E-state index in [2.05, 4.69) is 27.8 Å². The van der Waals surface area contributed by atoms with Crippen molar-refractivity contribution in [2.45, 2.75) is 13.3 Å². The van der Waals surface area contributed by atoms with E-state index >= 15 is 0 Å². The molecule has 0 bridgehead atoms. The maximum atomic E-state index is 12.0. The van der Waals surface area contributed by atoms with Gasteiger partial charge in [0.05, 0.1) is 18.3 Å². The van der Waals surface area contributed by atoms with Crippen LogP contribution in [-0.4, -0.2) is 27.3 Å². The monoisotopic (exact) mass is 329 g/mol. The van der Waals surface area contributed by atoms with Gasteiger partial charge in [-0.05, 0) is 31.3 Å². The lowest BCUT2D eigenvalue weighted by molar-refractivity contribution is -0.121. The fourth-order valence-electron chi connectivity index (χ4n) is 2.00. The molecule has 0 fully saturated rings. The maximum Gasteiger partial charge on any atom is 0.242 e. The summed E-state index contributed by atoms with van der Waals surface area (Å²) < 4.78 is 1.81. The Morgan fingerprint density at radius 2 is 2.09 bits per heavy atom. The smallest absolute Gasteiger partial charge is 0.242 e. The van der Waals surface area contributed by atoms with Gasteiger partial charge in [0.1, 0.15) is 0 Å². The van der Waals surface area contributed by atoms with Crippen LogP contribution in [0.4, 0.5) is 0 Å². The van der Waals surface area contributed by atoms with Crippen LogP contribution in [0.3, 0.4) is 0 Å². The molecular formula is C16H19N5OS. The number of amides is 1. The van der Waals surface area contributed by atoms with E-state index in [1.165, 1.54) is 0 Å². The minimum absolute atomic E-state index is 0.191. The zero-order valence-electron chi connectivity index (χ0n) is 12.9. The fraction of sp³-hybridized carbons (Fsp3) is 0.188. The minimum atomic E-state index is -0.191. The van der Waals surface area contributed by atoms with Gasteiger partial charge in [0.2, 0.25) is 5.91 Å². The lowest BCUT2D eigenvalue weighted by atomic mass is 10.2. The molecule has 0 saturated heterocycles. The van der Waals surface area contributed by atoms with E-state index in [0.29, 0.717) is 11.7 Å². The molecule has 3 N–H and O–H groups in total. The van der Waals surface area contributed by atoms with Crippen LogP contribution in [0.1, 0.15) is 11.3 Å². The number of nitrogens with zero attached hydrogens (tertiary/aromatic N) is 2. The molecule has 0 aliphatic carbocycles. The van der Waals surface area contributed by atoms with Crippen molar-refractivity contribution in [3.05, 3.63) is 60.4 Å². The van der Waals surface area contributed by atoms with E-state index in [4.69, 9.17) is 12.2 Å². The SMILES string of the molecule is C=CCNC(=S)NNC(=O)Cc1cnn(-c2ccccc2)c1C. The molecule has 1 aromatic carbocycles. The highest BCUT2D eigenvalue weighted by atomic mass is 32.1. The van der Waals surface area contributed by atoms with Crippen molar-refractivity contribution in [3.8, 4) is 5.69 Å². The summed E-state index contributed by atoms with van der Waals surface area (Å²) in [5.74, 6) is -0.191. The molecule has 0 atom stereocenters. The quantitative estimate of drug-likeness (QED) is 0.439. The molecule has 0 unspecified atom stereocenters. The zero-order chi connectivity index (χ0) is 16.7. The van der Waals surface area contributed by atoms with Crippen molar-refractivity contribution in [2.75, 3.05) is 6.54 Å². The van der Waals surface area contributed by atoms with Gasteiger partial charge >= 0.3 is 0 Å². The number of carbonyl (C=O) groups excluding carboxylic acids is 1. The van der Waals surface area contributed by atoms with Gasteiger partial charge in [0.25, 0.3) is 0 Å². The normalized spacial score (nSPS) is 9.96. The molecule has 2 rings (SSSR count). The van der Waals surface area contributed by atoms with Gasteiger partial charge in [-0.3, -0.25) is 15.6 Å². The van der Waals surface area contributed by atoms with Gasteiger partial charge in [-0.15, -0.1) is 6.58 Å². The van der Waals surface area contributed by atoms with Crippen LogP contribution < -0.4 is 16.2 Å². The minimum Gasteiger partial charge on any atom is -0.358 e. The second-order valence-electron chi connectivity index (χ2n) is 4.85. The molecule has 1 amide bonds. The highest BCUT2D eigenvalue weighted by molar-refractivity contribution is 7.80. The van der Waals surface area contributed by atoms with Crippen molar-refractivity contribution in [1.82, 2.24) is 25.9 Å². The Hall–Kier alpha value is -2.67. The number of hydrazine groups is 1. The zero-order valence-corrected chi connectivity index (χ0v) is 13.7. The summed E-state index contributed by atoms with van der Waals surface area (Å²) in [5.41, 5.74) is 7.94. The third-order valence-corrected chi connectivity index (χ3v) is 3.43. The van der Waals surface area contributed by atoms with E-state index < -0.39 is 0 Å². The summed E-state index contributed by atoms with van der Waals surface area (Å²) in [6.07, 6.45) is 3.60. The number of carbonyl (C=O) groups is 1. The Bertz CT molecular complexity index is 696. The lowest BCUT2D eigenvalue weighted by Gasteiger charge is -2.10. The molecule has 1 heterocycles. The lowest BCUT2D eigenvalue weighted by Crippen LogP contribution is -2.47. The van der Waals surface area contributed by atoms with Crippen LogP contribution in [0.25, 0.3) is 5.69 Å². The first kappa shape index (κ1) is 16.7. The number of thiocarbonyl (C=S) groups is 1. The maximum absolute atomic E-state index is 12.0. The molecule has 1 aromatic heterocycles. The molecule has 0 aliphatic heterocycles. The number of benzene rings is 1. The molecule has 6 nitrogen and oxygen atoms in total. The first-order valence-electron chi connectivity index (χ1n) is 7.14. The van der Waals surface area contributed by atoms with Crippen LogP contribution in [0.2, 0.25) is 0 Å². The predicted octanol–water partition coefficient (Wildman–Crippen LogP) is 1.40. The Labute approximate surface area is 140 Å². The Morgan fingerprint density at radius 1 is 1.35 bits per heavy atom. The average molecular weight is 329 g/mol. The summed E-state index contributed by atoms with van der Waals surface area (Å²) in [5, 5.41) is 7.54. The van der Waals surface area contributed by atoms with Gasteiger partial charge < -0.3 is 5.32 Å². The van der Waals surface area contributed by atoms with Crippen molar-refractivity contribution in [2.24, 2.45) is 0 Å². The second kappa shape index (κ2) is 8.09. The standard InChI is InChI=1S/C16H19N5OS/c1-3-9-17-16(23)20-19-15(22)10-13-11-18-21(12(13)2)14-7-5-4-6-8-14/h3-8,11H,1,9-10H2,2H3,(H,19,22)(H2,17,20,23). The van der Waals surface area contributed by atoms with Crippen molar-refractivity contribution >= 4 is 23.2 Å². The van der Waals surface area contributed by atoms with Crippen molar-refractivity contribution in [1.29, 1.82) is 0 Å². The predicted molar refractivity (Wildman–Crippen MR) is 94.1 cm³/mol. The van der Waals surface area contributed by atoms with Gasteiger partial charge in [-0.1, -0.05) is 24.3 Å². The van der Waals surface area contributed by atoms with Crippen molar-refractivity contribution < 1.29 is 4.79 Å². The first-order valence-corrected chi connectivity index (χ1v) is 7.55. The number of hydrogen-bond donors (Lipinski definition) is 3. The number of hydrogen-bond acceptors (Lipinski definition) is 3. The van der Waals surface area contributed by atoms with Gasteiger partial charge in [-0.2, -0.15) is 5.10 Å². The number of para-hydroxylation sites is 1. The fourth-order valence-corrected chi connectivity index (χ4v) is 2.13. The summed E-state index contributed by atoms with van der Waals surface area (Å²) in [7, 11) is 0. The summed E-state index contributed by atoms with van der Waals surface area (Å²) in [6.45, 7) is 6.04. The molecular weight excluding hydrogens is 310 g/mol. The topological polar surface area (TPSA) is 71.0 Å². The summed E-state index contributed by atoms with van der Waals surface area (Å²) >= 11 is 5.00. The highest BCUT2D eigenvalue weighted by Gasteiger charge is 2.11. The first-order chi connectivity index (χ1) is 11.1. The molecule has 0 spiro atoms. The summed E-state index contributed by atoms with van der Waals surface area (Å²) in [6, 6.07) is 9.78. The molecule has 2 aromatic rings. The third kappa shape index (κ3) is 4.65. The summed E-state index contributed by atoms with van der Waals surface area (Å²) in [4.78, 5) is 12.0. The van der Waals surface area contributed by atoms with Crippen LogP contribution >= 0.6 is 12.2 Å². The van der Waals surface area contributed by atoms with Crippen LogP contribution in [0.15, 0.2) is 49.2 Å². The Balaban J connectivity index is 1.93. The third-order valence-electron chi connectivity index (χ3n) is 3.19. The number of rotatable bonds is 5. The number of nitrogens with one attached hydrogen (secondary N) is 3. The van der Waals surface area contributed by atoms with Crippen LogP contribution in [0.5, 0.6) is 0 Å². The van der Waals surface area contributed by atoms with E-state index in [1.807, 2.05) is 41.9 Å². The molecule has 0 radical (unpaired) electrons. The Morgan fingerprint density at radius 3 is 2.78 bits per heavy atom. The molecule has 120 valence electrons. The molecule has 0 aliphatic rings. The van der Waals surface area contributed by atoms with Crippen LogP contribution in [-0.2, 0) is 11.2 Å². The molecule has 23 heavy (non-hydrogen) atoms. The molecule has 7 heteroatoms. The number of aromatic nitrogens is 2. The van der Waals surface area contributed by atoms with Gasteiger partial charge in [0, 0.05) is 17.8 Å². The Kier molecular flexibility index (Phi) is 5.87. The second-order valence-corrected chi connectivity index (χ2v) is 5.26. The van der Waals surface area contributed by atoms with E-state index in [-0.39, 0.29) is 12.3 Å².